The van der Waals surface area contributed by atoms with Crippen LogP contribution in [0, 0.1) is 0 Å². The highest BCUT2D eigenvalue weighted by atomic mass is 35.5. The number of esters is 1. The zero-order valence-electron chi connectivity index (χ0n) is 27.6. The van der Waals surface area contributed by atoms with Crippen molar-refractivity contribution in [3.63, 3.8) is 0 Å². The third-order valence-corrected chi connectivity index (χ3v) is 8.40. The van der Waals surface area contributed by atoms with Crippen LogP contribution in [-0.4, -0.2) is 93.6 Å². The SMILES string of the molecule is COC(=O)CCCCCN(C(=O)[C@](C)(Cc1ccc(O)cc1)NC(=O)CN)[C@@H](Cc1ccccc1)C(=O)NC(=O)C(N)CCS(C)=O.Cl. The Morgan fingerprint density at radius 2 is 1.62 bits per heavy atom. The Morgan fingerprint density at radius 3 is 2.21 bits per heavy atom. The maximum Gasteiger partial charge on any atom is 0.305 e. The molecule has 2 rings (SSSR count). The van der Waals surface area contributed by atoms with Crippen molar-refractivity contribution in [2.45, 2.75) is 69.5 Å². The largest absolute Gasteiger partial charge is 0.508 e. The predicted octanol–water partition coefficient (Wildman–Crippen LogP) is 1.10. The highest BCUT2D eigenvalue weighted by Crippen LogP contribution is 2.23. The Bertz CT molecular complexity index is 1380. The maximum absolute atomic E-state index is 14.7. The van der Waals surface area contributed by atoms with Gasteiger partial charge < -0.3 is 31.5 Å². The van der Waals surface area contributed by atoms with Crippen LogP contribution in [0.15, 0.2) is 54.6 Å². The number of halogens is 1. The second-order valence-electron chi connectivity index (χ2n) is 11.5. The quantitative estimate of drug-likeness (QED) is 0.104. The Kier molecular flexibility index (Phi) is 18.6. The van der Waals surface area contributed by atoms with Crippen LogP contribution >= 0.6 is 12.4 Å². The van der Waals surface area contributed by atoms with Gasteiger partial charge in [-0.05, 0) is 49.4 Å². The van der Waals surface area contributed by atoms with E-state index in [9.17, 15) is 33.3 Å². The van der Waals surface area contributed by atoms with E-state index in [0.29, 0.717) is 30.4 Å². The van der Waals surface area contributed by atoms with Gasteiger partial charge in [-0.25, -0.2) is 0 Å². The molecule has 0 fully saturated rings. The third kappa shape index (κ3) is 14.1. The predicted molar refractivity (Wildman–Crippen MR) is 185 cm³/mol. The summed E-state index contributed by atoms with van der Waals surface area (Å²) in [5.74, 6) is -2.92. The number of hydrogen-bond acceptors (Lipinski definition) is 10. The Hall–Kier alpha value is -3.85. The lowest BCUT2D eigenvalue weighted by Gasteiger charge is -2.39. The summed E-state index contributed by atoms with van der Waals surface area (Å²) in [6, 6.07) is 12.8. The van der Waals surface area contributed by atoms with Crippen molar-refractivity contribution >= 4 is 52.8 Å². The van der Waals surface area contributed by atoms with Crippen molar-refractivity contribution in [3.8, 4) is 5.75 Å². The lowest BCUT2D eigenvalue weighted by Crippen LogP contribution is -2.64. The summed E-state index contributed by atoms with van der Waals surface area (Å²) in [5, 5.41) is 14.9. The van der Waals surface area contributed by atoms with Gasteiger partial charge >= 0.3 is 5.97 Å². The molecule has 0 heterocycles. The van der Waals surface area contributed by atoms with E-state index in [4.69, 9.17) is 16.2 Å². The van der Waals surface area contributed by atoms with Crippen molar-refractivity contribution in [3.05, 3.63) is 65.7 Å². The molecule has 2 aromatic rings. The second-order valence-corrected chi connectivity index (χ2v) is 13.1. The van der Waals surface area contributed by atoms with Crippen LogP contribution in [0.1, 0.15) is 50.2 Å². The lowest BCUT2D eigenvalue weighted by molar-refractivity contribution is -0.148. The standard InChI is InChI=1S/C33H47N5O8S.ClH/c1-33(37-28(40)22-34,21-24-13-15-25(39)16-14-24)32(44)38(18-9-5-8-12-29(41)46-2)27(20-23-10-6-4-7-11-23)31(43)36-30(42)26(35)17-19-47(3)45;/h4,6-7,10-11,13-16,26-27,39H,5,8-9,12,17-22,34-35H2,1-3H3,(H,37,40)(H,36,42,43);1H/t26?,27-,33-,47?;/m0./s1. The van der Waals surface area contributed by atoms with Gasteiger partial charge in [0.25, 0.3) is 0 Å². The number of carbonyl (C=O) groups is 5. The molecular weight excluding hydrogens is 662 g/mol. The minimum Gasteiger partial charge on any atom is -0.508 e. The van der Waals surface area contributed by atoms with Gasteiger partial charge in [-0.15, -0.1) is 12.4 Å². The van der Waals surface area contributed by atoms with Crippen molar-refractivity contribution in [1.29, 1.82) is 0 Å². The molecule has 2 unspecified atom stereocenters. The lowest BCUT2D eigenvalue weighted by atomic mass is 9.89. The summed E-state index contributed by atoms with van der Waals surface area (Å²) < 4.78 is 16.3. The fourth-order valence-corrected chi connectivity index (χ4v) is 5.59. The summed E-state index contributed by atoms with van der Waals surface area (Å²) in [6.45, 7) is 1.18. The average Bonchev–Trinajstić information content (AvgIpc) is 3.05. The van der Waals surface area contributed by atoms with Crippen LogP contribution in [0.3, 0.4) is 0 Å². The van der Waals surface area contributed by atoms with Crippen molar-refractivity contribution in [2.24, 2.45) is 11.5 Å². The molecule has 4 amide bonds. The molecule has 0 aliphatic carbocycles. The molecule has 7 N–H and O–H groups in total. The monoisotopic (exact) mass is 709 g/mol. The number of methoxy groups -OCH3 is 1. The Morgan fingerprint density at radius 1 is 0.979 bits per heavy atom. The number of amides is 4. The number of phenolic OH excluding ortho intramolecular Hbond substituents is 1. The second kappa shape index (κ2) is 21.2. The molecule has 4 atom stereocenters. The first kappa shape index (κ1) is 42.2. The number of rotatable bonds is 19. The van der Waals surface area contributed by atoms with E-state index in [0.717, 1.165) is 0 Å². The number of nitrogens with one attached hydrogen (secondary N) is 2. The molecular formula is C33H48ClN5O8S. The van der Waals surface area contributed by atoms with Crippen molar-refractivity contribution < 1.29 is 38.0 Å². The third-order valence-electron chi connectivity index (χ3n) is 7.59. The number of ether oxygens (including phenoxy) is 1. The first-order chi connectivity index (χ1) is 22.3. The molecule has 0 aliphatic heterocycles. The average molecular weight is 710 g/mol. The van der Waals surface area contributed by atoms with Gasteiger partial charge in [-0.3, -0.25) is 33.5 Å². The number of nitrogens with two attached hydrogens (primary N) is 2. The number of imide groups is 1. The number of phenols is 1. The van der Waals surface area contributed by atoms with Crippen LogP contribution in [0.2, 0.25) is 0 Å². The molecule has 2 aromatic carbocycles. The molecule has 0 saturated carbocycles. The molecule has 0 aromatic heterocycles. The topological polar surface area (TPSA) is 211 Å². The van der Waals surface area contributed by atoms with Crippen molar-refractivity contribution in [2.75, 3.05) is 32.2 Å². The van der Waals surface area contributed by atoms with E-state index in [-0.39, 0.29) is 62.1 Å². The molecule has 0 radical (unpaired) electrons. The molecule has 0 spiro atoms. The number of hydrogen-bond donors (Lipinski definition) is 5. The van der Waals surface area contributed by atoms with E-state index in [2.05, 4.69) is 10.6 Å². The van der Waals surface area contributed by atoms with Crippen LogP contribution in [0.4, 0.5) is 0 Å². The molecule has 15 heteroatoms. The van der Waals surface area contributed by atoms with Crippen LogP contribution in [-0.2, 0) is 52.4 Å². The highest BCUT2D eigenvalue weighted by Gasteiger charge is 2.42. The molecule has 0 bridgehead atoms. The molecule has 13 nitrogen and oxygen atoms in total. The zero-order valence-corrected chi connectivity index (χ0v) is 29.3. The molecule has 0 saturated heterocycles. The smallest absolute Gasteiger partial charge is 0.305 e. The van der Waals surface area contributed by atoms with E-state index in [1.165, 1.54) is 37.3 Å². The maximum atomic E-state index is 14.7. The van der Waals surface area contributed by atoms with Gasteiger partial charge in [0.05, 0.1) is 19.7 Å². The van der Waals surface area contributed by atoms with Gasteiger partial charge in [0.1, 0.15) is 17.3 Å². The van der Waals surface area contributed by atoms with Crippen LogP contribution in [0.5, 0.6) is 5.75 Å². The summed E-state index contributed by atoms with van der Waals surface area (Å²) in [6.07, 6.45) is 3.15. The van der Waals surface area contributed by atoms with Gasteiger partial charge in [0.15, 0.2) is 0 Å². The first-order valence-electron chi connectivity index (χ1n) is 15.4. The summed E-state index contributed by atoms with van der Waals surface area (Å²) in [5.41, 5.74) is 11.3. The van der Waals surface area contributed by atoms with Crippen LogP contribution < -0.4 is 22.1 Å². The molecule has 0 aliphatic rings. The van der Waals surface area contributed by atoms with Gasteiger partial charge in [0, 0.05) is 48.6 Å². The number of unbranched alkanes of at least 4 members (excludes halogenated alkanes) is 2. The number of carbonyl (C=O) groups excluding carboxylic acids is 5. The number of aromatic hydroxyl groups is 1. The minimum atomic E-state index is -1.60. The van der Waals surface area contributed by atoms with Crippen molar-refractivity contribution in [1.82, 2.24) is 15.5 Å². The Balaban J connectivity index is 0.0000115. The fraction of sp³-hybridized carbons (Fsp3) is 0.485. The Labute approximate surface area is 290 Å². The highest BCUT2D eigenvalue weighted by molar-refractivity contribution is 7.84. The number of nitrogens with zero attached hydrogens (tertiary/aromatic N) is 1. The molecule has 266 valence electrons. The summed E-state index contributed by atoms with van der Waals surface area (Å²) >= 11 is 0. The minimum absolute atomic E-state index is 0. The summed E-state index contributed by atoms with van der Waals surface area (Å²) in [4.78, 5) is 67.2. The van der Waals surface area contributed by atoms with E-state index >= 15 is 0 Å². The van der Waals surface area contributed by atoms with Gasteiger partial charge in [-0.2, -0.15) is 0 Å². The summed E-state index contributed by atoms with van der Waals surface area (Å²) in [7, 11) is 0.108. The number of benzene rings is 2. The van der Waals surface area contributed by atoms with Gasteiger partial charge in [-0.1, -0.05) is 48.9 Å². The zero-order chi connectivity index (χ0) is 35.0. The van der Waals surface area contributed by atoms with Gasteiger partial charge in [0.2, 0.25) is 23.6 Å². The van der Waals surface area contributed by atoms with E-state index < -0.39 is 58.6 Å². The fourth-order valence-electron chi connectivity index (χ4n) is 5.00. The first-order valence-corrected chi connectivity index (χ1v) is 17.1. The molecule has 48 heavy (non-hydrogen) atoms. The van der Waals surface area contributed by atoms with E-state index in [1.807, 2.05) is 0 Å². The van der Waals surface area contributed by atoms with E-state index in [1.54, 1.807) is 42.5 Å². The normalized spacial score (nSPS) is 13.9. The van der Waals surface area contributed by atoms with Crippen LogP contribution in [0.25, 0.3) is 0 Å².